The highest BCUT2D eigenvalue weighted by atomic mass is 32.2. The van der Waals surface area contributed by atoms with Crippen molar-refractivity contribution in [2.45, 2.75) is 12.5 Å². The lowest BCUT2D eigenvalue weighted by molar-refractivity contribution is -0.122. The number of hydrogen-bond donors (Lipinski definition) is 1. The van der Waals surface area contributed by atoms with Gasteiger partial charge in [-0.15, -0.1) is 0 Å². The molecule has 22 heavy (non-hydrogen) atoms. The fourth-order valence-electron chi connectivity index (χ4n) is 2.78. The molecule has 1 fully saturated rings. The Bertz CT molecular complexity index is 647. The van der Waals surface area contributed by atoms with E-state index >= 15 is 0 Å². The summed E-state index contributed by atoms with van der Waals surface area (Å²) in [5, 5.41) is 3.36. The van der Waals surface area contributed by atoms with Crippen LogP contribution in [0, 0.1) is 11.7 Å². The van der Waals surface area contributed by atoms with Gasteiger partial charge in [0.25, 0.3) is 0 Å². The molecule has 3 rings (SSSR count). The van der Waals surface area contributed by atoms with Crippen molar-refractivity contribution in [2.24, 2.45) is 5.92 Å². The quantitative estimate of drug-likeness (QED) is 0.912. The van der Waals surface area contributed by atoms with Crippen molar-refractivity contribution in [1.29, 1.82) is 0 Å². The number of ketones is 1. The number of carbonyl (C=O) groups excluding carboxylic acids is 1. The molecule has 1 saturated heterocycles. The van der Waals surface area contributed by atoms with Crippen molar-refractivity contribution >= 4 is 23.2 Å². The molecule has 1 heterocycles. The van der Waals surface area contributed by atoms with Gasteiger partial charge in [0.15, 0.2) is 0 Å². The third kappa shape index (κ3) is 3.33. The van der Waals surface area contributed by atoms with Gasteiger partial charge in [-0.25, -0.2) is 4.39 Å². The van der Waals surface area contributed by atoms with Crippen LogP contribution in [0.1, 0.15) is 18.0 Å². The second-order valence-electron chi connectivity index (χ2n) is 5.41. The first-order chi connectivity index (χ1) is 10.8. The van der Waals surface area contributed by atoms with Crippen LogP contribution in [-0.2, 0) is 4.79 Å². The van der Waals surface area contributed by atoms with Gasteiger partial charge in [-0.2, -0.15) is 11.8 Å². The normalized spacial score (nSPS) is 19.7. The Balaban J connectivity index is 1.94. The molecule has 2 aromatic rings. The highest BCUT2D eigenvalue weighted by Gasteiger charge is 2.33. The number of rotatable bonds is 4. The zero-order valence-corrected chi connectivity index (χ0v) is 13.0. The van der Waals surface area contributed by atoms with E-state index < -0.39 is 0 Å². The van der Waals surface area contributed by atoms with Crippen LogP contribution in [0.25, 0.3) is 0 Å². The summed E-state index contributed by atoms with van der Waals surface area (Å²) in [6.07, 6.45) is 0.566. The Hall–Kier alpha value is -1.81. The van der Waals surface area contributed by atoms with Crippen molar-refractivity contribution in [1.82, 2.24) is 0 Å². The van der Waals surface area contributed by atoms with E-state index in [1.54, 1.807) is 23.9 Å². The Labute approximate surface area is 134 Å². The van der Waals surface area contributed by atoms with Crippen LogP contribution >= 0.6 is 11.8 Å². The summed E-state index contributed by atoms with van der Waals surface area (Å²) in [7, 11) is 0. The largest absolute Gasteiger partial charge is 0.377 e. The topological polar surface area (TPSA) is 29.1 Å². The van der Waals surface area contributed by atoms with Gasteiger partial charge in [0.1, 0.15) is 11.6 Å². The minimum Gasteiger partial charge on any atom is -0.377 e. The summed E-state index contributed by atoms with van der Waals surface area (Å²) in [6, 6.07) is 16.1. The van der Waals surface area contributed by atoms with Gasteiger partial charge in [-0.05, 0) is 18.2 Å². The highest BCUT2D eigenvalue weighted by molar-refractivity contribution is 7.99. The van der Waals surface area contributed by atoms with Crippen molar-refractivity contribution in [3.63, 3.8) is 0 Å². The minimum absolute atomic E-state index is 0.198. The number of benzene rings is 2. The van der Waals surface area contributed by atoms with Crippen LogP contribution in [0.2, 0.25) is 0 Å². The van der Waals surface area contributed by atoms with Crippen LogP contribution in [-0.4, -0.2) is 17.3 Å². The van der Waals surface area contributed by atoms with E-state index in [2.05, 4.69) is 5.32 Å². The minimum atomic E-state index is -0.330. The van der Waals surface area contributed by atoms with Gasteiger partial charge in [-0.1, -0.05) is 36.4 Å². The Morgan fingerprint density at radius 3 is 2.55 bits per heavy atom. The molecule has 1 aliphatic heterocycles. The van der Waals surface area contributed by atoms with E-state index in [0.29, 0.717) is 12.0 Å². The number of carbonyl (C=O) groups is 1. The van der Waals surface area contributed by atoms with E-state index in [4.69, 9.17) is 0 Å². The maximum absolute atomic E-state index is 14.3. The third-order valence-electron chi connectivity index (χ3n) is 3.94. The monoisotopic (exact) mass is 315 g/mol. The number of nitrogens with one attached hydrogen (secondary N) is 1. The summed E-state index contributed by atoms with van der Waals surface area (Å²) in [6.45, 7) is 0. The lowest BCUT2D eigenvalue weighted by atomic mass is 9.89. The van der Waals surface area contributed by atoms with Gasteiger partial charge >= 0.3 is 0 Å². The summed E-state index contributed by atoms with van der Waals surface area (Å²) in [5.41, 5.74) is 1.46. The summed E-state index contributed by atoms with van der Waals surface area (Å²) in [5.74, 6) is 1.35. The molecule has 2 atom stereocenters. The van der Waals surface area contributed by atoms with Gasteiger partial charge in [-0.3, -0.25) is 4.79 Å². The third-order valence-corrected chi connectivity index (χ3v) is 5.03. The van der Waals surface area contributed by atoms with Crippen LogP contribution in [0.4, 0.5) is 10.1 Å². The van der Waals surface area contributed by atoms with Crippen molar-refractivity contribution in [3.8, 4) is 0 Å². The van der Waals surface area contributed by atoms with Gasteiger partial charge in [0.2, 0.25) is 0 Å². The molecule has 0 aliphatic carbocycles. The summed E-state index contributed by atoms with van der Waals surface area (Å²) < 4.78 is 14.3. The molecule has 114 valence electrons. The van der Waals surface area contributed by atoms with Gasteiger partial charge in [0.05, 0.1) is 12.0 Å². The van der Waals surface area contributed by atoms with Gasteiger partial charge in [0, 0.05) is 29.2 Å². The number of hydrogen-bond acceptors (Lipinski definition) is 3. The molecular formula is C18H18FNOS. The molecular weight excluding hydrogens is 297 g/mol. The zero-order chi connectivity index (χ0) is 15.4. The average molecular weight is 315 g/mol. The number of para-hydroxylation sites is 1. The first-order valence-corrected chi connectivity index (χ1v) is 8.57. The molecule has 2 aromatic carbocycles. The highest BCUT2D eigenvalue weighted by Crippen LogP contribution is 2.34. The van der Waals surface area contributed by atoms with E-state index in [1.807, 2.05) is 36.4 Å². The number of halogens is 1. The van der Waals surface area contributed by atoms with E-state index in [-0.39, 0.29) is 23.6 Å². The van der Waals surface area contributed by atoms with Crippen LogP contribution in [0.5, 0.6) is 0 Å². The predicted molar refractivity (Wildman–Crippen MR) is 89.6 cm³/mol. The molecule has 0 bridgehead atoms. The van der Waals surface area contributed by atoms with E-state index in [9.17, 15) is 9.18 Å². The molecule has 1 N–H and O–H groups in total. The van der Waals surface area contributed by atoms with Crippen molar-refractivity contribution in [3.05, 3.63) is 66.0 Å². The standard InChI is InChI=1S/C18H18FNOS/c19-16-9-5-4-8-14(16)18(15-12-22-11-10-17(15)21)20-13-6-2-1-3-7-13/h1-9,15,18,20H,10-12H2. The lowest BCUT2D eigenvalue weighted by Crippen LogP contribution is -2.33. The number of thioether (sulfide) groups is 1. The Morgan fingerprint density at radius 2 is 1.82 bits per heavy atom. The SMILES string of the molecule is O=C1CCSCC1C(Nc1ccccc1)c1ccccc1F. The Kier molecular flexibility index (Phi) is 4.78. The summed E-state index contributed by atoms with van der Waals surface area (Å²) >= 11 is 1.76. The Morgan fingerprint density at radius 1 is 1.09 bits per heavy atom. The number of anilines is 1. The average Bonchev–Trinajstić information content (AvgIpc) is 2.55. The molecule has 0 aromatic heterocycles. The van der Waals surface area contributed by atoms with Crippen LogP contribution in [0.15, 0.2) is 54.6 Å². The van der Waals surface area contributed by atoms with Crippen molar-refractivity contribution in [2.75, 3.05) is 16.8 Å². The molecule has 0 amide bonds. The first kappa shape index (κ1) is 15.1. The van der Waals surface area contributed by atoms with Crippen molar-refractivity contribution < 1.29 is 9.18 Å². The smallest absolute Gasteiger partial charge is 0.140 e. The molecule has 1 aliphatic rings. The fraction of sp³-hybridized carbons (Fsp3) is 0.278. The van der Waals surface area contributed by atoms with E-state index in [0.717, 1.165) is 17.2 Å². The predicted octanol–water partition coefficient (Wildman–Crippen LogP) is 4.30. The lowest BCUT2D eigenvalue weighted by Gasteiger charge is -2.31. The summed E-state index contributed by atoms with van der Waals surface area (Å²) in [4.78, 5) is 12.3. The van der Waals surface area contributed by atoms with E-state index in [1.165, 1.54) is 6.07 Å². The molecule has 2 unspecified atom stereocenters. The fourth-order valence-corrected chi connectivity index (χ4v) is 3.92. The van der Waals surface area contributed by atoms with Crippen LogP contribution in [0.3, 0.4) is 0 Å². The molecule has 0 radical (unpaired) electrons. The first-order valence-electron chi connectivity index (χ1n) is 7.42. The molecule has 2 nitrogen and oxygen atoms in total. The number of Topliss-reactive ketones (excluding diaryl/α,β-unsaturated/α-hetero) is 1. The maximum Gasteiger partial charge on any atom is 0.140 e. The molecule has 0 saturated carbocycles. The zero-order valence-electron chi connectivity index (χ0n) is 12.2. The second kappa shape index (κ2) is 6.97. The van der Waals surface area contributed by atoms with Crippen LogP contribution < -0.4 is 5.32 Å². The van der Waals surface area contributed by atoms with Gasteiger partial charge < -0.3 is 5.32 Å². The molecule has 4 heteroatoms. The molecule has 0 spiro atoms. The maximum atomic E-state index is 14.3. The second-order valence-corrected chi connectivity index (χ2v) is 6.56.